The van der Waals surface area contributed by atoms with E-state index in [1.807, 2.05) is 0 Å². The molecular weight excluding hydrogens is 614 g/mol. The second kappa shape index (κ2) is 14.3. The summed E-state index contributed by atoms with van der Waals surface area (Å²) in [5, 5.41) is 0.331. The summed E-state index contributed by atoms with van der Waals surface area (Å²) >= 11 is 20.0. The molecule has 0 aromatic heterocycles. The number of carbonyl (C=O) groups excluding carboxylic acids is 2. The van der Waals surface area contributed by atoms with E-state index < -0.39 is 34.1 Å². The molecule has 0 unspecified atom stereocenters. The lowest BCUT2D eigenvalue weighted by Crippen LogP contribution is -2.14. The lowest BCUT2D eigenvalue weighted by molar-refractivity contribution is -0.132. The summed E-state index contributed by atoms with van der Waals surface area (Å²) in [4.78, 5) is 24.4. The molecule has 0 spiro atoms. The first-order valence-corrected chi connectivity index (χ1v) is 14.8. The Hall–Kier alpha value is -0.540. The summed E-state index contributed by atoms with van der Waals surface area (Å²) in [5.74, 6) is -2.09. The molecule has 0 radical (unpaired) electrons. The number of ether oxygens (including phenoxy) is 2. The summed E-state index contributed by atoms with van der Waals surface area (Å²) in [6.45, 7) is 0. The largest absolute Gasteiger partial charge is 0.423 e. The minimum Gasteiger partial charge on any atom is -0.423 e. The van der Waals surface area contributed by atoms with Crippen LogP contribution in [0.15, 0.2) is 34.1 Å². The Labute approximate surface area is 227 Å². The van der Waals surface area contributed by atoms with Crippen LogP contribution in [0.1, 0.15) is 0 Å². The number of hydrogen-bond acceptors (Lipinski definition) is 10. The molecule has 0 aliphatic carbocycles. The highest BCUT2D eigenvalue weighted by atomic mass is 35.5. The van der Waals surface area contributed by atoms with Crippen molar-refractivity contribution < 1.29 is 35.8 Å². The van der Waals surface area contributed by atoms with Crippen molar-refractivity contribution in [2.24, 2.45) is 0 Å². The van der Waals surface area contributed by atoms with E-state index in [0.717, 1.165) is 21.6 Å². The highest BCUT2D eigenvalue weighted by molar-refractivity contribution is 8.77. The van der Waals surface area contributed by atoms with Crippen molar-refractivity contribution in [3.05, 3.63) is 44.4 Å². The Balaban J connectivity index is 1.93. The van der Waals surface area contributed by atoms with Crippen molar-refractivity contribution in [2.75, 3.05) is 25.7 Å². The monoisotopic (exact) mass is 626 g/mol. The molecule has 0 aliphatic heterocycles. The first kappa shape index (κ1) is 29.7. The van der Waals surface area contributed by atoms with Crippen molar-refractivity contribution >= 4 is 102 Å². The van der Waals surface area contributed by atoms with Gasteiger partial charge in [0.25, 0.3) is 0 Å². The van der Waals surface area contributed by atoms with E-state index >= 15 is 0 Å². The smallest absolute Gasteiger partial charge is 0.322 e. The van der Waals surface area contributed by atoms with Crippen LogP contribution in [0.5, 0.6) is 11.5 Å². The maximum absolute atomic E-state index is 12.2. The third-order valence-electron chi connectivity index (χ3n) is 3.48. The van der Waals surface area contributed by atoms with E-state index in [0.29, 0.717) is 0 Å². The Morgan fingerprint density at radius 3 is 1.41 bits per heavy atom. The maximum Gasteiger partial charge on any atom is 0.322 e. The standard InChI is InChI=1S/C18H14Cl4O8S4/c1-27-33(25)13-5-9(19)3-11(21)17(13)29-15(23)7-31-32-8-16(24)30-18-12(22)4-10(20)6-14(18)34(26)28-2/h3-6H,7-8H2,1-2H3/t33-,34-/m0/s1. The lowest BCUT2D eigenvalue weighted by atomic mass is 10.3. The highest BCUT2D eigenvalue weighted by Crippen LogP contribution is 2.37. The van der Waals surface area contributed by atoms with Crippen molar-refractivity contribution in [2.45, 2.75) is 9.79 Å². The van der Waals surface area contributed by atoms with E-state index in [-0.39, 0.29) is 52.9 Å². The summed E-state index contributed by atoms with van der Waals surface area (Å²) in [7, 11) is 4.40. The van der Waals surface area contributed by atoms with Gasteiger partial charge >= 0.3 is 11.9 Å². The molecule has 0 saturated carbocycles. The Morgan fingerprint density at radius 1 is 0.735 bits per heavy atom. The minimum atomic E-state index is -1.95. The quantitative estimate of drug-likeness (QED) is 0.137. The van der Waals surface area contributed by atoms with Gasteiger partial charge in [-0.1, -0.05) is 68.0 Å². The fourth-order valence-electron chi connectivity index (χ4n) is 2.16. The van der Waals surface area contributed by atoms with E-state index in [4.69, 9.17) is 64.2 Å². The number of benzene rings is 2. The summed E-state index contributed by atoms with van der Waals surface area (Å²) in [6, 6.07) is 5.26. The van der Waals surface area contributed by atoms with Crippen molar-refractivity contribution in [3.63, 3.8) is 0 Å². The van der Waals surface area contributed by atoms with Crippen LogP contribution in [0, 0.1) is 0 Å². The maximum atomic E-state index is 12.2. The second-order valence-corrected chi connectivity index (χ2v) is 12.3. The van der Waals surface area contributed by atoms with Crippen LogP contribution in [-0.4, -0.2) is 46.1 Å². The molecule has 0 amide bonds. The van der Waals surface area contributed by atoms with E-state index in [2.05, 4.69) is 0 Å². The van der Waals surface area contributed by atoms with Gasteiger partial charge in [-0.2, -0.15) is 0 Å². The summed E-state index contributed by atoms with van der Waals surface area (Å²) in [5.41, 5.74) is 0. The molecule has 0 bridgehead atoms. The van der Waals surface area contributed by atoms with Gasteiger partial charge in [0, 0.05) is 10.0 Å². The van der Waals surface area contributed by atoms with E-state index in [1.165, 1.54) is 38.5 Å². The molecule has 2 atom stereocenters. The van der Waals surface area contributed by atoms with E-state index in [1.54, 1.807) is 0 Å². The molecule has 2 aromatic rings. The number of rotatable bonds is 11. The normalized spacial score (nSPS) is 12.8. The molecule has 8 nitrogen and oxygen atoms in total. The van der Waals surface area contributed by atoms with Crippen LogP contribution in [-0.2, 0) is 40.1 Å². The zero-order valence-corrected chi connectivity index (χ0v) is 23.4. The van der Waals surface area contributed by atoms with Crippen LogP contribution in [0.25, 0.3) is 0 Å². The minimum absolute atomic E-state index is 0.00123. The number of hydrogen-bond donors (Lipinski definition) is 0. The van der Waals surface area contributed by atoms with Gasteiger partial charge in [0.1, 0.15) is 21.3 Å². The van der Waals surface area contributed by atoms with Gasteiger partial charge in [-0.15, -0.1) is 0 Å². The van der Waals surface area contributed by atoms with Gasteiger partial charge in [0.05, 0.1) is 24.3 Å². The fourth-order valence-corrected chi connectivity index (χ4v) is 6.44. The Bertz CT molecular complexity index is 1040. The average Bonchev–Trinajstić information content (AvgIpc) is 2.78. The van der Waals surface area contributed by atoms with E-state index in [9.17, 15) is 18.0 Å². The van der Waals surface area contributed by atoms with Gasteiger partial charge < -0.3 is 9.47 Å². The first-order valence-electron chi connectivity index (χ1n) is 8.63. The zero-order chi connectivity index (χ0) is 25.4. The predicted octanol–water partition coefficient (Wildman–Crippen LogP) is 5.53. The van der Waals surface area contributed by atoms with Crippen molar-refractivity contribution in [1.82, 2.24) is 0 Å². The third-order valence-corrected chi connectivity index (χ3v) is 8.49. The third kappa shape index (κ3) is 8.54. The molecule has 0 saturated heterocycles. The molecule has 0 N–H and O–H groups in total. The first-order chi connectivity index (χ1) is 16.1. The SMILES string of the molecule is CO[S@](=O)c1cc(Cl)cc(Cl)c1OC(=O)CSSCC(=O)Oc1c(Cl)cc(Cl)cc1[S@@](=O)OC. The van der Waals surface area contributed by atoms with Gasteiger partial charge in [-0.25, -0.2) is 8.42 Å². The molecule has 186 valence electrons. The van der Waals surface area contributed by atoms with Crippen LogP contribution in [0.2, 0.25) is 20.1 Å². The molecule has 2 aromatic carbocycles. The molecule has 2 rings (SSSR count). The van der Waals surface area contributed by atoms with Crippen LogP contribution in [0.4, 0.5) is 0 Å². The Morgan fingerprint density at radius 2 is 1.09 bits per heavy atom. The predicted molar refractivity (Wildman–Crippen MR) is 136 cm³/mol. The van der Waals surface area contributed by atoms with Crippen LogP contribution >= 0.6 is 68.0 Å². The fraction of sp³-hybridized carbons (Fsp3) is 0.222. The lowest BCUT2D eigenvalue weighted by Gasteiger charge is -2.12. The van der Waals surface area contributed by atoms with Crippen molar-refractivity contribution in [1.29, 1.82) is 0 Å². The molecule has 0 fully saturated rings. The Kier molecular flexibility index (Phi) is 12.5. The molecule has 34 heavy (non-hydrogen) atoms. The molecular formula is C18H14Cl4O8S4. The molecule has 0 heterocycles. The number of esters is 2. The van der Waals surface area contributed by atoms with Crippen LogP contribution < -0.4 is 9.47 Å². The summed E-state index contributed by atoms with van der Waals surface area (Å²) < 4.78 is 43.9. The van der Waals surface area contributed by atoms with Crippen LogP contribution in [0.3, 0.4) is 0 Å². The average molecular weight is 628 g/mol. The topological polar surface area (TPSA) is 105 Å². The van der Waals surface area contributed by atoms with Gasteiger partial charge in [0.2, 0.25) is 0 Å². The molecule has 16 heteroatoms. The highest BCUT2D eigenvalue weighted by Gasteiger charge is 2.21. The zero-order valence-electron chi connectivity index (χ0n) is 17.1. The number of halogens is 4. The molecule has 0 aliphatic rings. The van der Waals surface area contributed by atoms with Gasteiger partial charge in [-0.05, 0) is 24.3 Å². The number of carbonyl (C=O) groups is 2. The summed E-state index contributed by atoms with van der Waals surface area (Å²) in [6.07, 6.45) is 0. The van der Waals surface area contributed by atoms with Gasteiger partial charge in [0.15, 0.2) is 33.7 Å². The second-order valence-electron chi connectivity index (χ2n) is 5.71. The van der Waals surface area contributed by atoms with Gasteiger partial charge in [-0.3, -0.25) is 18.0 Å². The van der Waals surface area contributed by atoms with Crippen molar-refractivity contribution in [3.8, 4) is 11.5 Å².